The van der Waals surface area contributed by atoms with Gasteiger partial charge < -0.3 is 20.1 Å². The second-order valence-electron chi connectivity index (χ2n) is 4.68. The maximum absolute atomic E-state index is 10.1. The van der Waals surface area contributed by atoms with Gasteiger partial charge in [0, 0.05) is 23.3 Å². The molecule has 2 aromatic carbocycles. The number of aryl methyl sites for hydroxylation is 2. The molecule has 0 spiro atoms. The lowest BCUT2D eigenvalue weighted by molar-refractivity contribution is 0.407. The molecule has 0 bridgehead atoms. The topological polar surface area (TPSA) is 69.9 Å². The van der Waals surface area contributed by atoms with Gasteiger partial charge in [-0.05, 0) is 36.1 Å². The van der Waals surface area contributed by atoms with Crippen molar-refractivity contribution in [2.45, 2.75) is 12.8 Å². The molecule has 4 heteroatoms. The quantitative estimate of drug-likeness (QED) is 0.735. The summed E-state index contributed by atoms with van der Waals surface area (Å²) in [5.41, 5.74) is 3.29. The third kappa shape index (κ3) is 1.76. The van der Waals surface area contributed by atoms with Crippen LogP contribution in [-0.2, 0) is 12.8 Å². The van der Waals surface area contributed by atoms with Gasteiger partial charge in [0.25, 0.3) is 0 Å². The number of aromatic hydroxyl groups is 3. The number of hydrogen-bond donors (Lipinski definition) is 3. The number of ether oxygens (including phenoxy) is 1. The Morgan fingerprint density at radius 3 is 2.05 bits per heavy atom. The number of benzene rings is 2. The number of rotatable bonds is 1. The van der Waals surface area contributed by atoms with Crippen LogP contribution in [0.5, 0.6) is 23.0 Å². The fraction of sp³-hybridized carbons (Fsp3) is 0.200. The van der Waals surface area contributed by atoms with Gasteiger partial charge in [-0.25, -0.2) is 0 Å². The van der Waals surface area contributed by atoms with Crippen LogP contribution in [0.15, 0.2) is 24.3 Å². The molecule has 4 nitrogen and oxygen atoms in total. The maximum atomic E-state index is 10.1. The third-order valence-corrected chi connectivity index (χ3v) is 3.49. The lowest BCUT2D eigenvalue weighted by Gasteiger charge is -2.23. The molecule has 0 aromatic heterocycles. The van der Waals surface area contributed by atoms with Gasteiger partial charge in [0.15, 0.2) is 0 Å². The molecule has 0 atom stereocenters. The Kier molecular flexibility index (Phi) is 2.52. The van der Waals surface area contributed by atoms with E-state index in [9.17, 15) is 15.3 Å². The van der Waals surface area contributed by atoms with Crippen LogP contribution in [0.2, 0.25) is 0 Å². The fourth-order valence-electron chi connectivity index (χ4n) is 2.72. The second kappa shape index (κ2) is 4.09. The minimum absolute atomic E-state index is 0.0277. The van der Waals surface area contributed by atoms with Crippen LogP contribution in [0.25, 0.3) is 11.1 Å². The highest BCUT2D eigenvalue weighted by atomic mass is 16.5. The van der Waals surface area contributed by atoms with Crippen molar-refractivity contribution < 1.29 is 20.1 Å². The highest BCUT2D eigenvalue weighted by molar-refractivity contribution is 5.84. The molecule has 0 heterocycles. The summed E-state index contributed by atoms with van der Waals surface area (Å²) in [6, 6.07) is 6.19. The lowest BCUT2D eigenvalue weighted by atomic mass is 9.84. The molecule has 0 radical (unpaired) electrons. The first-order chi connectivity index (χ1) is 9.10. The summed E-state index contributed by atoms with van der Waals surface area (Å²) in [7, 11) is 1.53. The van der Waals surface area contributed by atoms with E-state index in [2.05, 4.69) is 0 Å². The minimum atomic E-state index is 0.0277. The predicted octanol–water partition coefficient (Wildman–Crippen LogP) is 2.58. The second-order valence-corrected chi connectivity index (χ2v) is 4.68. The van der Waals surface area contributed by atoms with Gasteiger partial charge >= 0.3 is 0 Å². The summed E-state index contributed by atoms with van der Waals surface area (Å²) >= 11 is 0. The summed E-state index contributed by atoms with van der Waals surface area (Å²) in [6.07, 6.45) is 1.44. The zero-order valence-corrected chi connectivity index (χ0v) is 10.5. The van der Waals surface area contributed by atoms with E-state index >= 15 is 0 Å². The maximum Gasteiger partial charge on any atom is 0.130 e. The molecule has 2 aromatic rings. The molecular weight excluding hydrogens is 244 g/mol. The summed E-state index contributed by atoms with van der Waals surface area (Å²) in [6.45, 7) is 0. The Hall–Kier alpha value is -2.36. The number of fused-ring (bicyclic) bond motifs is 3. The van der Waals surface area contributed by atoms with Gasteiger partial charge in [-0.15, -0.1) is 0 Å². The third-order valence-electron chi connectivity index (χ3n) is 3.49. The van der Waals surface area contributed by atoms with Crippen molar-refractivity contribution in [3.8, 4) is 34.1 Å². The molecule has 0 saturated carbocycles. The van der Waals surface area contributed by atoms with E-state index in [4.69, 9.17) is 4.74 Å². The standard InChI is InChI=1S/C15H14O4/c1-19-13-7-11(17)5-9-3-2-8-4-10(16)6-12(18)14(8)15(9)13/h4-7,16-18H,2-3H2,1H3. The summed E-state index contributed by atoms with van der Waals surface area (Å²) in [5.74, 6) is 0.756. The van der Waals surface area contributed by atoms with E-state index < -0.39 is 0 Å². The van der Waals surface area contributed by atoms with Gasteiger partial charge in [-0.2, -0.15) is 0 Å². The average Bonchev–Trinajstić information content (AvgIpc) is 2.36. The monoisotopic (exact) mass is 258 g/mol. The predicted molar refractivity (Wildman–Crippen MR) is 70.8 cm³/mol. The molecule has 1 aliphatic rings. The van der Waals surface area contributed by atoms with Gasteiger partial charge in [0.2, 0.25) is 0 Å². The van der Waals surface area contributed by atoms with Crippen LogP contribution < -0.4 is 4.74 Å². The van der Waals surface area contributed by atoms with Crippen LogP contribution in [0.3, 0.4) is 0 Å². The van der Waals surface area contributed by atoms with Crippen molar-refractivity contribution in [2.75, 3.05) is 7.11 Å². The number of phenolic OH excluding ortho intramolecular Hbond substituents is 3. The van der Waals surface area contributed by atoms with E-state index in [-0.39, 0.29) is 17.2 Å². The molecule has 1 aliphatic carbocycles. The van der Waals surface area contributed by atoms with Gasteiger partial charge in [-0.1, -0.05) is 0 Å². The van der Waals surface area contributed by atoms with Crippen molar-refractivity contribution >= 4 is 0 Å². The zero-order valence-electron chi connectivity index (χ0n) is 10.5. The first-order valence-corrected chi connectivity index (χ1v) is 6.05. The summed E-state index contributed by atoms with van der Waals surface area (Å²) < 4.78 is 5.30. The Bertz CT molecular complexity index is 644. The minimum Gasteiger partial charge on any atom is -0.508 e. The van der Waals surface area contributed by atoms with Crippen molar-refractivity contribution in [1.82, 2.24) is 0 Å². The van der Waals surface area contributed by atoms with Crippen LogP contribution in [0, 0.1) is 0 Å². The smallest absolute Gasteiger partial charge is 0.130 e. The molecular formula is C15H14O4. The van der Waals surface area contributed by atoms with Crippen LogP contribution in [0.1, 0.15) is 11.1 Å². The van der Waals surface area contributed by atoms with Crippen molar-refractivity contribution in [3.63, 3.8) is 0 Å². The Morgan fingerprint density at radius 1 is 0.842 bits per heavy atom. The average molecular weight is 258 g/mol. The molecule has 3 N–H and O–H groups in total. The summed E-state index contributed by atoms with van der Waals surface area (Å²) in [4.78, 5) is 0. The van der Waals surface area contributed by atoms with E-state index in [0.29, 0.717) is 17.7 Å². The Balaban J connectivity index is 2.34. The van der Waals surface area contributed by atoms with Crippen LogP contribution in [0.4, 0.5) is 0 Å². The van der Waals surface area contributed by atoms with E-state index in [1.165, 1.54) is 19.2 Å². The molecule has 0 unspecified atom stereocenters. The molecule has 0 fully saturated rings. The molecule has 0 amide bonds. The Morgan fingerprint density at radius 2 is 1.42 bits per heavy atom. The highest BCUT2D eigenvalue weighted by Gasteiger charge is 2.24. The van der Waals surface area contributed by atoms with Crippen molar-refractivity contribution in [3.05, 3.63) is 35.4 Å². The normalized spacial score (nSPS) is 12.7. The number of methoxy groups -OCH3 is 1. The fourth-order valence-corrected chi connectivity index (χ4v) is 2.72. The first-order valence-electron chi connectivity index (χ1n) is 6.05. The van der Waals surface area contributed by atoms with Gasteiger partial charge in [0.05, 0.1) is 7.11 Å². The van der Waals surface area contributed by atoms with Crippen molar-refractivity contribution in [2.24, 2.45) is 0 Å². The molecule has 98 valence electrons. The van der Waals surface area contributed by atoms with Crippen LogP contribution >= 0.6 is 0 Å². The van der Waals surface area contributed by atoms with Gasteiger partial charge in [0.1, 0.15) is 23.0 Å². The highest BCUT2D eigenvalue weighted by Crippen LogP contribution is 2.47. The molecule has 0 saturated heterocycles. The zero-order chi connectivity index (χ0) is 13.6. The van der Waals surface area contributed by atoms with Crippen molar-refractivity contribution in [1.29, 1.82) is 0 Å². The molecule has 0 aliphatic heterocycles. The lowest BCUT2D eigenvalue weighted by Crippen LogP contribution is -2.05. The largest absolute Gasteiger partial charge is 0.508 e. The molecule has 3 rings (SSSR count). The van der Waals surface area contributed by atoms with Crippen LogP contribution in [-0.4, -0.2) is 22.4 Å². The van der Waals surface area contributed by atoms with E-state index in [1.54, 1.807) is 12.1 Å². The van der Waals surface area contributed by atoms with E-state index in [0.717, 1.165) is 23.1 Å². The SMILES string of the molecule is COc1cc(O)cc2c1-c1c(O)cc(O)cc1CC2. The van der Waals surface area contributed by atoms with E-state index in [1.807, 2.05) is 0 Å². The molecule has 19 heavy (non-hydrogen) atoms. The Labute approximate surface area is 110 Å². The number of phenols is 3. The first kappa shape index (κ1) is 11.7. The van der Waals surface area contributed by atoms with Gasteiger partial charge in [-0.3, -0.25) is 0 Å². The number of hydrogen-bond acceptors (Lipinski definition) is 4. The summed E-state index contributed by atoms with van der Waals surface area (Å²) in [5, 5.41) is 29.3.